The molecule has 6 nitrogen and oxygen atoms in total. The highest BCUT2D eigenvalue weighted by Gasteiger charge is 2.41. The van der Waals surface area contributed by atoms with Crippen molar-refractivity contribution in [1.29, 1.82) is 0 Å². The van der Waals surface area contributed by atoms with Crippen molar-refractivity contribution >= 4 is 33.4 Å². The summed E-state index contributed by atoms with van der Waals surface area (Å²) in [4.78, 5) is 26.8. The number of benzene rings is 1. The predicted octanol–water partition coefficient (Wildman–Crippen LogP) is 2.56. The molecule has 2 amide bonds. The smallest absolute Gasteiger partial charge is 0.247 e. The molecule has 24 heavy (non-hydrogen) atoms. The van der Waals surface area contributed by atoms with Gasteiger partial charge < -0.3 is 19.7 Å². The number of halogens is 1. The summed E-state index contributed by atoms with van der Waals surface area (Å²) < 4.78 is 11.8. The summed E-state index contributed by atoms with van der Waals surface area (Å²) >= 11 is 3.46. The van der Waals surface area contributed by atoms with E-state index < -0.39 is 0 Å². The minimum absolute atomic E-state index is 0.133. The highest BCUT2D eigenvalue weighted by molar-refractivity contribution is 9.10. The Kier molecular flexibility index (Phi) is 4.12. The molecule has 2 aliphatic heterocycles. The van der Waals surface area contributed by atoms with Crippen molar-refractivity contribution in [3.63, 3.8) is 0 Å². The van der Waals surface area contributed by atoms with Crippen LogP contribution in [0.4, 0.5) is 5.69 Å². The number of carbonyl (C=O) groups is 2. The van der Waals surface area contributed by atoms with Gasteiger partial charge in [0.25, 0.3) is 0 Å². The number of nitrogens with one attached hydrogen (secondary N) is 1. The highest BCUT2D eigenvalue weighted by atomic mass is 79.9. The number of likely N-dealkylation sites (tertiary alicyclic amines) is 1. The van der Waals surface area contributed by atoms with Crippen molar-refractivity contribution in [3.05, 3.63) is 16.6 Å². The molecule has 0 spiro atoms. The lowest BCUT2D eigenvalue weighted by atomic mass is 10.2. The molecule has 3 aliphatic rings. The van der Waals surface area contributed by atoms with Gasteiger partial charge in [-0.2, -0.15) is 0 Å². The summed E-state index contributed by atoms with van der Waals surface area (Å²) in [6.45, 7) is 1.69. The zero-order valence-corrected chi connectivity index (χ0v) is 14.8. The summed E-state index contributed by atoms with van der Waals surface area (Å²) in [5.74, 6) is 1.42. The van der Waals surface area contributed by atoms with E-state index in [9.17, 15) is 9.59 Å². The number of nitrogens with zero attached hydrogens (tertiary/aromatic N) is 1. The van der Waals surface area contributed by atoms with Crippen LogP contribution in [0.15, 0.2) is 16.6 Å². The van der Waals surface area contributed by atoms with Crippen LogP contribution < -0.4 is 14.8 Å². The van der Waals surface area contributed by atoms with E-state index in [2.05, 4.69) is 21.2 Å². The molecule has 128 valence electrons. The Balaban J connectivity index is 1.50. The first kappa shape index (κ1) is 15.7. The van der Waals surface area contributed by atoms with E-state index in [4.69, 9.17) is 9.47 Å². The minimum atomic E-state index is -0.377. The number of anilines is 1. The topological polar surface area (TPSA) is 67.9 Å². The van der Waals surface area contributed by atoms with Crippen LogP contribution in [-0.4, -0.2) is 42.5 Å². The predicted molar refractivity (Wildman–Crippen MR) is 91.2 cm³/mol. The zero-order chi connectivity index (χ0) is 16.7. The monoisotopic (exact) mass is 394 g/mol. The van der Waals surface area contributed by atoms with Crippen LogP contribution >= 0.6 is 15.9 Å². The van der Waals surface area contributed by atoms with Gasteiger partial charge in [0.1, 0.15) is 19.3 Å². The Bertz CT molecular complexity index is 689. The Labute approximate surface area is 148 Å². The van der Waals surface area contributed by atoms with E-state index in [1.54, 1.807) is 17.0 Å². The number of ether oxygens (including phenoxy) is 2. The number of rotatable bonds is 3. The summed E-state index contributed by atoms with van der Waals surface area (Å²) in [6.07, 6.45) is 3.50. The van der Waals surface area contributed by atoms with Crippen LogP contribution in [0.5, 0.6) is 11.5 Å². The van der Waals surface area contributed by atoms with Crippen LogP contribution in [0.3, 0.4) is 0 Å². The Morgan fingerprint density at radius 3 is 2.54 bits per heavy atom. The van der Waals surface area contributed by atoms with Crippen LogP contribution in [0.1, 0.15) is 25.7 Å². The Hall–Kier alpha value is -1.76. The average Bonchev–Trinajstić information content (AvgIpc) is 3.31. The molecule has 0 bridgehead atoms. The number of hydrogen-bond acceptors (Lipinski definition) is 4. The maximum Gasteiger partial charge on any atom is 0.247 e. The SMILES string of the molecule is O=C(Nc1cc2c(cc1Br)OCCO2)[C@@H]1CCCN1C(=O)C1CC1. The number of fused-ring (bicyclic) bond motifs is 1. The second-order valence-corrected chi connectivity index (χ2v) is 7.28. The Morgan fingerprint density at radius 2 is 1.83 bits per heavy atom. The quantitative estimate of drug-likeness (QED) is 0.855. The van der Waals surface area contributed by atoms with Crippen LogP contribution in [0.25, 0.3) is 0 Å². The lowest BCUT2D eigenvalue weighted by Crippen LogP contribution is -2.43. The van der Waals surface area contributed by atoms with Gasteiger partial charge in [-0.1, -0.05) is 0 Å². The second kappa shape index (κ2) is 6.27. The summed E-state index contributed by atoms with van der Waals surface area (Å²) in [5, 5.41) is 2.93. The van der Waals surface area contributed by atoms with Crippen molar-refractivity contribution < 1.29 is 19.1 Å². The average molecular weight is 395 g/mol. The third-order valence-electron chi connectivity index (χ3n) is 4.65. The van der Waals surface area contributed by atoms with Gasteiger partial charge in [0, 0.05) is 29.1 Å². The lowest BCUT2D eigenvalue weighted by molar-refractivity contribution is -0.137. The molecular formula is C17H19BrN2O4. The van der Waals surface area contributed by atoms with Crippen LogP contribution in [-0.2, 0) is 9.59 Å². The molecule has 1 saturated carbocycles. The van der Waals surface area contributed by atoms with Gasteiger partial charge in [0.05, 0.1) is 5.69 Å². The van der Waals surface area contributed by atoms with Crippen molar-refractivity contribution in [2.24, 2.45) is 5.92 Å². The highest BCUT2D eigenvalue weighted by Crippen LogP contribution is 2.39. The molecule has 0 radical (unpaired) electrons. The van der Waals surface area contributed by atoms with Crippen LogP contribution in [0.2, 0.25) is 0 Å². The molecule has 1 saturated heterocycles. The molecule has 2 heterocycles. The minimum Gasteiger partial charge on any atom is -0.486 e. The molecule has 4 rings (SSSR count). The maximum atomic E-state index is 12.7. The first-order valence-electron chi connectivity index (χ1n) is 8.34. The molecule has 0 unspecified atom stereocenters. The molecule has 2 fully saturated rings. The standard InChI is InChI=1S/C17H19BrN2O4/c18-11-8-14-15(24-7-6-23-14)9-12(11)19-16(21)13-2-1-5-20(13)17(22)10-3-4-10/h8-10,13H,1-7H2,(H,19,21)/t13-/m0/s1. The number of hydrogen-bond donors (Lipinski definition) is 1. The van der Waals surface area contributed by atoms with Gasteiger partial charge in [-0.05, 0) is 41.6 Å². The van der Waals surface area contributed by atoms with E-state index in [1.807, 2.05) is 0 Å². The van der Waals surface area contributed by atoms with Gasteiger partial charge in [-0.15, -0.1) is 0 Å². The van der Waals surface area contributed by atoms with Gasteiger partial charge in [0.2, 0.25) is 11.8 Å². The van der Waals surface area contributed by atoms with E-state index in [1.165, 1.54) is 0 Å². The fourth-order valence-electron chi connectivity index (χ4n) is 3.24. The van der Waals surface area contributed by atoms with E-state index >= 15 is 0 Å². The second-order valence-electron chi connectivity index (χ2n) is 6.43. The normalized spacial score (nSPS) is 22.4. The molecule has 1 aliphatic carbocycles. The summed E-state index contributed by atoms with van der Waals surface area (Å²) in [6, 6.07) is 3.18. The fraction of sp³-hybridized carbons (Fsp3) is 0.529. The first-order valence-corrected chi connectivity index (χ1v) is 9.13. The largest absolute Gasteiger partial charge is 0.486 e. The molecule has 1 atom stereocenters. The Morgan fingerprint density at radius 1 is 1.12 bits per heavy atom. The van der Waals surface area contributed by atoms with Crippen LogP contribution in [0, 0.1) is 5.92 Å². The van der Waals surface area contributed by atoms with Gasteiger partial charge in [0.15, 0.2) is 11.5 Å². The molecule has 1 N–H and O–H groups in total. The van der Waals surface area contributed by atoms with Crippen molar-refractivity contribution in [3.8, 4) is 11.5 Å². The van der Waals surface area contributed by atoms with Gasteiger partial charge in [-0.25, -0.2) is 0 Å². The zero-order valence-electron chi connectivity index (χ0n) is 13.2. The molecule has 1 aromatic rings. The van der Waals surface area contributed by atoms with Crippen molar-refractivity contribution in [2.75, 3.05) is 25.1 Å². The third-order valence-corrected chi connectivity index (χ3v) is 5.31. The summed E-state index contributed by atoms with van der Waals surface area (Å²) in [5.41, 5.74) is 0.634. The van der Waals surface area contributed by atoms with E-state index in [-0.39, 0.29) is 23.8 Å². The molecule has 7 heteroatoms. The number of carbonyl (C=O) groups excluding carboxylic acids is 2. The number of amides is 2. The fourth-order valence-corrected chi connectivity index (χ4v) is 3.67. The van der Waals surface area contributed by atoms with Gasteiger partial charge >= 0.3 is 0 Å². The molecule has 1 aromatic carbocycles. The van der Waals surface area contributed by atoms with Crippen molar-refractivity contribution in [2.45, 2.75) is 31.7 Å². The third kappa shape index (κ3) is 2.97. The maximum absolute atomic E-state index is 12.7. The van der Waals surface area contributed by atoms with E-state index in [0.717, 1.165) is 23.7 Å². The van der Waals surface area contributed by atoms with Gasteiger partial charge in [-0.3, -0.25) is 9.59 Å². The summed E-state index contributed by atoms with van der Waals surface area (Å²) in [7, 11) is 0. The van der Waals surface area contributed by atoms with E-state index in [0.29, 0.717) is 43.4 Å². The van der Waals surface area contributed by atoms with Crippen molar-refractivity contribution in [1.82, 2.24) is 4.90 Å². The lowest BCUT2D eigenvalue weighted by Gasteiger charge is -2.25. The molecular weight excluding hydrogens is 376 g/mol. The molecule has 0 aromatic heterocycles. The first-order chi connectivity index (χ1) is 11.6.